The van der Waals surface area contributed by atoms with E-state index in [1.807, 2.05) is 0 Å². The maximum atomic E-state index is 12.1. The van der Waals surface area contributed by atoms with Gasteiger partial charge in [-0.1, -0.05) is 0 Å². The van der Waals surface area contributed by atoms with E-state index in [0.717, 1.165) is 0 Å². The topological polar surface area (TPSA) is 78.1 Å². The van der Waals surface area contributed by atoms with Gasteiger partial charge < -0.3 is 4.98 Å². The summed E-state index contributed by atoms with van der Waals surface area (Å²) < 4.78 is 61.8. The number of hydrogen-bond acceptors (Lipinski definition) is 4. The fraction of sp³-hybridized carbons (Fsp3) is 0.667. The van der Waals surface area contributed by atoms with E-state index in [4.69, 9.17) is 0 Å². The SMILES string of the molecule is O=S(=O)(NCC1CN(CC(F)(F)F)C1)c1cnc[nH]1. The van der Waals surface area contributed by atoms with Crippen molar-refractivity contribution in [3.63, 3.8) is 0 Å². The molecule has 2 heterocycles. The minimum Gasteiger partial charge on any atom is -0.335 e. The molecule has 2 rings (SSSR count). The molecule has 1 saturated heterocycles. The van der Waals surface area contributed by atoms with E-state index in [1.54, 1.807) is 0 Å². The van der Waals surface area contributed by atoms with Gasteiger partial charge >= 0.3 is 6.18 Å². The van der Waals surface area contributed by atoms with Crippen LogP contribution in [0.25, 0.3) is 0 Å². The third kappa shape index (κ3) is 3.91. The lowest BCUT2D eigenvalue weighted by Crippen LogP contribution is -2.54. The molecular formula is C9H13F3N4O2S. The summed E-state index contributed by atoms with van der Waals surface area (Å²) in [6.45, 7) is -0.345. The minimum absolute atomic E-state index is 0.0565. The second-order valence-electron chi connectivity index (χ2n) is 4.44. The van der Waals surface area contributed by atoms with Gasteiger partial charge in [-0.2, -0.15) is 13.2 Å². The molecule has 1 aliphatic heterocycles. The summed E-state index contributed by atoms with van der Waals surface area (Å²) >= 11 is 0. The lowest BCUT2D eigenvalue weighted by atomic mass is 10.0. The summed E-state index contributed by atoms with van der Waals surface area (Å²) in [6, 6.07) is 0. The molecule has 2 N–H and O–H groups in total. The predicted molar refractivity (Wildman–Crippen MR) is 59.8 cm³/mol. The number of H-pyrrole nitrogens is 1. The number of imidazole rings is 1. The first kappa shape index (κ1) is 14.3. The molecule has 0 atom stereocenters. The number of rotatable bonds is 5. The highest BCUT2D eigenvalue weighted by Gasteiger charge is 2.37. The van der Waals surface area contributed by atoms with Gasteiger partial charge in [-0.3, -0.25) is 4.90 Å². The molecule has 19 heavy (non-hydrogen) atoms. The molecule has 0 saturated carbocycles. The summed E-state index contributed by atoms with van der Waals surface area (Å²) in [5, 5.41) is -0.0565. The normalized spacial score (nSPS) is 18.5. The zero-order chi connectivity index (χ0) is 14.1. The van der Waals surface area contributed by atoms with Crippen LogP contribution in [0.5, 0.6) is 0 Å². The molecule has 0 spiro atoms. The van der Waals surface area contributed by atoms with Crippen molar-refractivity contribution in [2.24, 2.45) is 5.92 Å². The van der Waals surface area contributed by atoms with Crippen LogP contribution < -0.4 is 4.72 Å². The van der Waals surface area contributed by atoms with Crippen LogP contribution in [0.2, 0.25) is 0 Å². The van der Waals surface area contributed by atoms with Crippen molar-refractivity contribution >= 4 is 10.0 Å². The van der Waals surface area contributed by atoms with E-state index in [1.165, 1.54) is 17.4 Å². The first-order valence-electron chi connectivity index (χ1n) is 5.53. The standard InChI is InChI=1S/C9H13F3N4O2S/c10-9(11,12)5-16-3-7(4-16)1-15-19(17,18)8-2-13-6-14-8/h2,6-7,15H,1,3-5H2,(H,13,14). The average molecular weight is 298 g/mol. The molecule has 108 valence electrons. The van der Waals surface area contributed by atoms with Crippen LogP contribution in [-0.4, -0.2) is 55.6 Å². The molecule has 1 fully saturated rings. The van der Waals surface area contributed by atoms with Crippen molar-refractivity contribution in [2.75, 3.05) is 26.2 Å². The fourth-order valence-electron chi connectivity index (χ4n) is 1.88. The quantitative estimate of drug-likeness (QED) is 0.813. The zero-order valence-corrected chi connectivity index (χ0v) is 10.6. The Morgan fingerprint density at radius 2 is 2.16 bits per heavy atom. The van der Waals surface area contributed by atoms with E-state index in [2.05, 4.69) is 14.7 Å². The number of aromatic nitrogens is 2. The Hall–Kier alpha value is -1.13. The number of nitrogens with one attached hydrogen (secondary N) is 2. The maximum absolute atomic E-state index is 12.1. The molecule has 10 heteroatoms. The van der Waals surface area contributed by atoms with Crippen LogP contribution in [-0.2, 0) is 10.0 Å². The highest BCUT2D eigenvalue weighted by atomic mass is 32.2. The van der Waals surface area contributed by atoms with Gasteiger partial charge in [-0.25, -0.2) is 18.1 Å². The second kappa shape index (κ2) is 5.10. The average Bonchev–Trinajstić information content (AvgIpc) is 2.73. The van der Waals surface area contributed by atoms with Crippen molar-refractivity contribution in [1.29, 1.82) is 0 Å². The third-order valence-electron chi connectivity index (χ3n) is 2.76. The van der Waals surface area contributed by atoms with E-state index in [9.17, 15) is 21.6 Å². The molecule has 0 aromatic carbocycles. The van der Waals surface area contributed by atoms with Gasteiger partial charge in [0.25, 0.3) is 10.0 Å². The predicted octanol–water partition coefficient (Wildman–Crippen LogP) is 0.182. The Labute approximate surface area is 108 Å². The number of hydrogen-bond donors (Lipinski definition) is 2. The lowest BCUT2D eigenvalue weighted by Gasteiger charge is -2.39. The fourth-order valence-corrected chi connectivity index (χ4v) is 2.90. The summed E-state index contributed by atoms with van der Waals surface area (Å²) in [4.78, 5) is 7.28. The molecule has 1 aliphatic rings. The lowest BCUT2D eigenvalue weighted by molar-refractivity contribution is -0.158. The molecule has 6 nitrogen and oxygen atoms in total. The second-order valence-corrected chi connectivity index (χ2v) is 6.18. The van der Waals surface area contributed by atoms with Crippen molar-refractivity contribution in [3.05, 3.63) is 12.5 Å². The first-order valence-corrected chi connectivity index (χ1v) is 7.02. The highest BCUT2D eigenvalue weighted by Crippen LogP contribution is 2.22. The maximum Gasteiger partial charge on any atom is 0.401 e. The van der Waals surface area contributed by atoms with Crippen molar-refractivity contribution < 1.29 is 21.6 Å². The van der Waals surface area contributed by atoms with Crippen molar-refractivity contribution in [3.8, 4) is 0 Å². The summed E-state index contributed by atoms with van der Waals surface area (Å²) in [6.07, 6.45) is -1.80. The van der Waals surface area contributed by atoms with Crippen LogP contribution in [0.15, 0.2) is 17.6 Å². The monoisotopic (exact) mass is 298 g/mol. The molecule has 0 bridgehead atoms. The summed E-state index contributed by atoms with van der Waals surface area (Å²) in [5.41, 5.74) is 0. The molecule has 1 aromatic heterocycles. The van der Waals surface area contributed by atoms with Gasteiger partial charge in [0.05, 0.1) is 19.1 Å². The Kier molecular flexibility index (Phi) is 3.83. The molecular weight excluding hydrogens is 285 g/mol. The van der Waals surface area contributed by atoms with E-state index >= 15 is 0 Å². The number of nitrogens with zero attached hydrogens (tertiary/aromatic N) is 2. The van der Waals surface area contributed by atoms with Crippen LogP contribution in [0.1, 0.15) is 0 Å². The van der Waals surface area contributed by atoms with E-state index in [0.29, 0.717) is 0 Å². The van der Waals surface area contributed by atoms with Gasteiger partial charge in [-0.05, 0) is 5.92 Å². The van der Waals surface area contributed by atoms with E-state index in [-0.39, 0.29) is 30.6 Å². The zero-order valence-electron chi connectivity index (χ0n) is 9.81. The molecule has 0 aliphatic carbocycles. The number of halogens is 3. The summed E-state index contributed by atoms with van der Waals surface area (Å²) in [5.74, 6) is -0.0972. The molecule has 0 radical (unpaired) electrons. The Balaban J connectivity index is 1.74. The Bertz CT molecular complexity index is 508. The molecule has 0 amide bonds. The van der Waals surface area contributed by atoms with Gasteiger partial charge in [0.15, 0.2) is 5.03 Å². The smallest absolute Gasteiger partial charge is 0.335 e. The largest absolute Gasteiger partial charge is 0.401 e. The highest BCUT2D eigenvalue weighted by molar-refractivity contribution is 7.89. The van der Waals surface area contributed by atoms with Crippen LogP contribution in [0.3, 0.4) is 0 Å². The summed E-state index contributed by atoms with van der Waals surface area (Å²) in [7, 11) is -3.65. The van der Waals surface area contributed by atoms with Crippen LogP contribution in [0.4, 0.5) is 13.2 Å². The van der Waals surface area contributed by atoms with Crippen LogP contribution in [0, 0.1) is 5.92 Å². The van der Waals surface area contributed by atoms with Gasteiger partial charge in [-0.15, -0.1) is 0 Å². The number of likely N-dealkylation sites (tertiary alicyclic amines) is 1. The van der Waals surface area contributed by atoms with Gasteiger partial charge in [0.2, 0.25) is 0 Å². The number of alkyl halides is 3. The Morgan fingerprint density at radius 3 is 2.68 bits per heavy atom. The van der Waals surface area contributed by atoms with Crippen LogP contribution >= 0.6 is 0 Å². The van der Waals surface area contributed by atoms with Crippen molar-refractivity contribution in [1.82, 2.24) is 19.6 Å². The number of aromatic amines is 1. The van der Waals surface area contributed by atoms with Crippen molar-refractivity contribution in [2.45, 2.75) is 11.2 Å². The minimum atomic E-state index is -4.21. The van der Waals surface area contributed by atoms with Gasteiger partial charge in [0.1, 0.15) is 0 Å². The number of sulfonamides is 1. The van der Waals surface area contributed by atoms with Gasteiger partial charge in [0, 0.05) is 19.6 Å². The Morgan fingerprint density at radius 1 is 1.47 bits per heavy atom. The van der Waals surface area contributed by atoms with E-state index < -0.39 is 22.7 Å². The molecule has 1 aromatic rings. The first-order chi connectivity index (χ1) is 8.76. The third-order valence-corrected chi connectivity index (χ3v) is 4.11. The molecule has 0 unspecified atom stereocenters.